The van der Waals surface area contributed by atoms with Crippen molar-refractivity contribution in [3.8, 4) is 0 Å². The van der Waals surface area contributed by atoms with Crippen LogP contribution in [0.3, 0.4) is 0 Å². The number of thioether (sulfide) groups is 1. The fourth-order valence-corrected chi connectivity index (χ4v) is 5.82. The molecule has 2 aromatic rings. The Hall–Kier alpha value is -3.36. The van der Waals surface area contributed by atoms with Crippen molar-refractivity contribution < 1.29 is 19.1 Å². The van der Waals surface area contributed by atoms with E-state index in [9.17, 15) is 9.59 Å². The molecule has 3 heterocycles. The van der Waals surface area contributed by atoms with Gasteiger partial charge in [0.05, 0.1) is 36.4 Å². The number of benzene rings is 2. The number of nitrogens with one attached hydrogen (secondary N) is 1. The van der Waals surface area contributed by atoms with Gasteiger partial charge in [-0.2, -0.15) is 0 Å². The summed E-state index contributed by atoms with van der Waals surface area (Å²) in [4.78, 5) is 33.4. The Labute approximate surface area is 221 Å². The lowest BCUT2D eigenvalue weighted by molar-refractivity contribution is -0.139. The number of esters is 1. The number of carbonyl (C=O) groups excluding carboxylic acids is 2. The maximum Gasteiger partial charge on any atom is 0.338 e. The molecule has 37 heavy (non-hydrogen) atoms. The van der Waals surface area contributed by atoms with E-state index in [4.69, 9.17) is 14.5 Å². The van der Waals surface area contributed by atoms with Crippen molar-refractivity contribution in [3.63, 3.8) is 0 Å². The number of aliphatic imine (C=N–C) groups is 1. The number of ether oxygens (including phenoxy) is 2. The largest absolute Gasteiger partial charge is 0.463 e. The Bertz CT molecular complexity index is 1260. The molecule has 7 nitrogen and oxygen atoms in total. The van der Waals surface area contributed by atoms with Crippen molar-refractivity contribution in [1.29, 1.82) is 0 Å². The van der Waals surface area contributed by atoms with Gasteiger partial charge in [0, 0.05) is 24.4 Å². The van der Waals surface area contributed by atoms with Crippen LogP contribution in [0.15, 0.2) is 76.3 Å². The van der Waals surface area contributed by atoms with E-state index in [1.807, 2.05) is 65.8 Å². The summed E-state index contributed by atoms with van der Waals surface area (Å²) in [7, 11) is 0. The standard InChI is InChI=1S/C29H31N3O4S/c1-3-35-28(34)25-26(20-10-5-4-6-11-20)31-29-32(27(25)21-12-7-9-19(2)15-21)22(18-37-29)16-24(33)30-17-23-13-8-14-36-23/h4-7,9-12,15,18,23,27H,3,8,13-14,16-17H2,1-2H3,(H,30,33). The van der Waals surface area contributed by atoms with Gasteiger partial charge in [-0.05, 0) is 37.7 Å². The minimum absolute atomic E-state index is 0.0785. The second kappa shape index (κ2) is 11.4. The van der Waals surface area contributed by atoms with Crippen LogP contribution < -0.4 is 5.32 Å². The number of amidine groups is 1. The Kier molecular flexibility index (Phi) is 7.76. The maximum atomic E-state index is 13.5. The van der Waals surface area contributed by atoms with Crippen LogP contribution in [-0.2, 0) is 19.1 Å². The predicted molar refractivity (Wildman–Crippen MR) is 145 cm³/mol. The highest BCUT2D eigenvalue weighted by atomic mass is 32.2. The van der Waals surface area contributed by atoms with Gasteiger partial charge in [0.2, 0.25) is 5.91 Å². The SMILES string of the molecule is CCOC(=O)C1=C(c2ccccc2)N=C2SC=C(CC(=O)NCC3CCCO3)N2C1c1cccc(C)c1. The minimum atomic E-state index is -0.478. The predicted octanol–water partition coefficient (Wildman–Crippen LogP) is 4.96. The summed E-state index contributed by atoms with van der Waals surface area (Å²) in [6.07, 6.45) is 2.25. The molecule has 1 amide bonds. The Morgan fingerprint density at radius 1 is 1.19 bits per heavy atom. The third-order valence-electron chi connectivity index (χ3n) is 6.60. The zero-order valence-corrected chi connectivity index (χ0v) is 21.9. The van der Waals surface area contributed by atoms with Gasteiger partial charge in [-0.1, -0.05) is 71.9 Å². The third kappa shape index (κ3) is 5.50. The topological polar surface area (TPSA) is 80.2 Å². The molecule has 1 N–H and O–H groups in total. The summed E-state index contributed by atoms with van der Waals surface area (Å²) in [5.41, 5.74) is 4.74. The molecule has 5 rings (SSSR count). The van der Waals surface area contributed by atoms with Crippen molar-refractivity contribution in [3.05, 3.63) is 88.0 Å². The van der Waals surface area contributed by atoms with Gasteiger partial charge >= 0.3 is 5.97 Å². The average Bonchev–Trinajstić information content (AvgIpc) is 3.57. The molecule has 8 heteroatoms. The molecule has 2 aromatic carbocycles. The first kappa shape index (κ1) is 25.3. The molecule has 192 valence electrons. The van der Waals surface area contributed by atoms with Crippen molar-refractivity contribution in [2.24, 2.45) is 4.99 Å². The second-order valence-corrected chi connectivity index (χ2v) is 10.1. The lowest BCUT2D eigenvalue weighted by Crippen LogP contribution is -2.39. The second-order valence-electron chi connectivity index (χ2n) is 9.27. The minimum Gasteiger partial charge on any atom is -0.463 e. The molecule has 2 atom stereocenters. The van der Waals surface area contributed by atoms with Crippen LogP contribution in [0, 0.1) is 6.92 Å². The van der Waals surface area contributed by atoms with Crippen molar-refractivity contribution >= 4 is 34.5 Å². The van der Waals surface area contributed by atoms with Gasteiger partial charge in [0.1, 0.15) is 0 Å². The number of fused-ring (bicyclic) bond motifs is 1. The van der Waals surface area contributed by atoms with E-state index in [2.05, 4.69) is 11.4 Å². The molecule has 0 aromatic heterocycles. The maximum absolute atomic E-state index is 13.5. The van der Waals surface area contributed by atoms with Crippen molar-refractivity contribution in [2.45, 2.75) is 45.3 Å². The summed E-state index contributed by atoms with van der Waals surface area (Å²) in [5, 5.41) is 5.71. The van der Waals surface area contributed by atoms with Crippen LogP contribution in [0.5, 0.6) is 0 Å². The Balaban J connectivity index is 1.53. The molecule has 3 aliphatic heterocycles. The Morgan fingerprint density at radius 2 is 2.03 bits per heavy atom. The molecular formula is C29H31N3O4S. The van der Waals surface area contributed by atoms with Crippen molar-refractivity contribution in [2.75, 3.05) is 19.8 Å². The van der Waals surface area contributed by atoms with Crippen molar-refractivity contribution in [1.82, 2.24) is 10.2 Å². The quantitative estimate of drug-likeness (QED) is 0.499. The van der Waals surface area contributed by atoms with Gasteiger partial charge < -0.3 is 19.7 Å². The molecule has 1 fully saturated rings. The molecule has 0 bridgehead atoms. The smallest absolute Gasteiger partial charge is 0.338 e. The molecule has 3 aliphatic rings. The molecular weight excluding hydrogens is 486 g/mol. The lowest BCUT2D eigenvalue weighted by atomic mass is 9.90. The van der Waals surface area contributed by atoms with Crippen LogP contribution >= 0.6 is 11.8 Å². The fraction of sp³-hybridized carbons (Fsp3) is 0.345. The highest BCUT2D eigenvalue weighted by Crippen LogP contribution is 2.47. The van der Waals surface area contributed by atoms with Gasteiger partial charge in [0.25, 0.3) is 0 Å². The first-order valence-corrected chi connectivity index (χ1v) is 13.6. The average molecular weight is 518 g/mol. The number of hydrogen-bond donors (Lipinski definition) is 1. The monoisotopic (exact) mass is 517 g/mol. The molecule has 0 radical (unpaired) electrons. The number of rotatable bonds is 8. The van der Waals surface area contributed by atoms with Gasteiger partial charge in [-0.3, -0.25) is 4.79 Å². The summed E-state index contributed by atoms with van der Waals surface area (Å²) in [5.74, 6) is -0.489. The number of carbonyl (C=O) groups is 2. The number of amides is 1. The number of nitrogens with zero attached hydrogens (tertiary/aromatic N) is 2. The fourth-order valence-electron chi connectivity index (χ4n) is 4.90. The van der Waals surface area contributed by atoms with E-state index in [-0.39, 0.29) is 25.0 Å². The summed E-state index contributed by atoms with van der Waals surface area (Å²) in [6, 6.07) is 17.3. The van der Waals surface area contributed by atoms with Crippen LogP contribution in [0.4, 0.5) is 0 Å². The van der Waals surface area contributed by atoms with E-state index < -0.39 is 12.0 Å². The number of hydrogen-bond acceptors (Lipinski definition) is 7. The lowest BCUT2D eigenvalue weighted by Gasteiger charge is -2.37. The molecule has 0 aliphatic carbocycles. The van der Waals surface area contributed by atoms with E-state index in [1.165, 1.54) is 11.8 Å². The summed E-state index contributed by atoms with van der Waals surface area (Å²) in [6.45, 7) is 5.34. The molecule has 1 saturated heterocycles. The zero-order valence-electron chi connectivity index (χ0n) is 21.1. The highest BCUT2D eigenvalue weighted by Gasteiger charge is 2.42. The van der Waals surface area contributed by atoms with Gasteiger partial charge in [-0.15, -0.1) is 0 Å². The van der Waals surface area contributed by atoms with E-state index in [1.54, 1.807) is 6.92 Å². The highest BCUT2D eigenvalue weighted by molar-refractivity contribution is 8.16. The number of aryl methyl sites for hydroxylation is 1. The summed E-state index contributed by atoms with van der Waals surface area (Å²) >= 11 is 1.47. The normalized spacial score (nSPS) is 20.9. The molecule has 0 spiro atoms. The van der Waals surface area contributed by atoms with Gasteiger partial charge in [0.15, 0.2) is 5.17 Å². The first-order chi connectivity index (χ1) is 18.0. The third-order valence-corrected chi connectivity index (χ3v) is 7.49. The zero-order chi connectivity index (χ0) is 25.8. The van der Waals surface area contributed by atoms with E-state index in [0.29, 0.717) is 17.8 Å². The summed E-state index contributed by atoms with van der Waals surface area (Å²) < 4.78 is 11.2. The van der Waals surface area contributed by atoms with Crippen LogP contribution in [-0.4, -0.2) is 47.8 Å². The van der Waals surface area contributed by atoms with Crippen LogP contribution in [0.1, 0.15) is 48.9 Å². The van der Waals surface area contributed by atoms with Gasteiger partial charge in [-0.25, -0.2) is 9.79 Å². The first-order valence-electron chi connectivity index (χ1n) is 12.7. The van der Waals surface area contributed by atoms with E-state index in [0.717, 1.165) is 47.0 Å². The van der Waals surface area contributed by atoms with Crippen LogP contribution in [0.25, 0.3) is 5.70 Å². The van der Waals surface area contributed by atoms with E-state index >= 15 is 0 Å². The molecule has 0 saturated carbocycles. The molecule has 2 unspecified atom stereocenters. The van der Waals surface area contributed by atoms with Crippen LogP contribution in [0.2, 0.25) is 0 Å². The Morgan fingerprint density at radius 3 is 2.76 bits per heavy atom.